The van der Waals surface area contributed by atoms with E-state index in [-0.39, 0.29) is 5.57 Å². The molecule has 0 spiro atoms. The number of benzene rings is 1. The van der Waals surface area contributed by atoms with E-state index in [2.05, 4.69) is 10.2 Å². The molecule has 146 valence electrons. The maximum atomic E-state index is 12.9. The number of hydrogen-bond donors (Lipinski definition) is 1. The van der Waals surface area contributed by atoms with Crippen molar-refractivity contribution in [3.8, 4) is 0 Å². The Morgan fingerprint density at radius 3 is 1.86 bits per heavy atom. The summed E-state index contributed by atoms with van der Waals surface area (Å²) in [6.45, 7) is 3.68. The molecule has 0 atom stereocenters. The highest BCUT2D eigenvalue weighted by atomic mass is 19.1. The van der Waals surface area contributed by atoms with Gasteiger partial charge in [-0.3, -0.25) is 14.2 Å². The van der Waals surface area contributed by atoms with Crippen LogP contribution in [-0.4, -0.2) is 36.9 Å². The number of aldehydes is 1. The number of aliphatic carboxylic acids is 1. The molecule has 7 nitrogen and oxygen atoms in total. The van der Waals surface area contributed by atoms with Gasteiger partial charge in [0.1, 0.15) is 11.5 Å². The van der Waals surface area contributed by atoms with Crippen molar-refractivity contribution in [1.29, 1.82) is 0 Å². The molecule has 0 amide bonds. The minimum absolute atomic E-state index is 0.100. The van der Waals surface area contributed by atoms with Crippen molar-refractivity contribution in [2.45, 2.75) is 13.8 Å². The van der Waals surface area contributed by atoms with Crippen LogP contribution < -0.4 is 0 Å². The molecule has 0 aliphatic heterocycles. The lowest BCUT2D eigenvalue weighted by molar-refractivity contribution is -0.130. The predicted octanol–water partition coefficient (Wildman–Crippen LogP) is 3.03. The summed E-state index contributed by atoms with van der Waals surface area (Å²) in [4.78, 5) is 21.5. The number of nitrogens with zero attached hydrogens (tertiary/aromatic N) is 4. The van der Waals surface area contributed by atoms with E-state index in [0.29, 0.717) is 17.0 Å². The van der Waals surface area contributed by atoms with Crippen LogP contribution in [0.25, 0.3) is 11.6 Å². The third kappa shape index (κ3) is 5.23. The molecule has 2 heterocycles. The maximum Gasteiger partial charge on any atom is 0.336 e. The smallest absolute Gasteiger partial charge is 0.336 e. The summed E-state index contributed by atoms with van der Waals surface area (Å²) in [7, 11) is 3.49. The molecule has 0 saturated heterocycles. The molecule has 0 radical (unpaired) electrons. The van der Waals surface area contributed by atoms with E-state index >= 15 is 0 Å². The standard InChI is InChI=1S/C14H13FN2O2.C6H8N2O/c1-9-7-12(17(2)16-9)8-13(14(18)19)10-3-5-11(15)6-4-10;1-5-3-6(4-9)8(2)7-5/h3-8H,1-2H3,(H,18,19);3-4H,1-2H3/b13-8-;. The van der Waals surface area contributed by atoms with Crippen LogP contribution in [0.15, 0.2) is 36.4 Å². The van der Waals surface area contributed by atoms with Crippen LogP contribution in [0.4, 0.5) is 4.39 Å². The van der Waals surface area contributed by atoms with Gasteiger partial charge in [-0.05, 0) is 49.8 Å². The summed E-state index contributed by atoms with van der Waals surface area (Å²) in [5, 5.41) is 17.4. The molecular formula is C20H21FN4O3. The number of carboxylic acid groups (broad SMARTS) is 1. The lowest BCUT2D eigenvalue weighted by atomic mass is 10.0. The Morgan fingerprint density at radius 1 is 1.00 bits per heavy atom. The Labute approximate surface area is 161 Å². The van der Waals surface area contributed by atoms with E-state index in [1.165, 1.54) is 30.3 Å². The molecule has 1 aromatic carbocycles. The van der Waals surface area contributed by atoms with Crippen LogP contribution in [-0.2, 0) is 18.9 Å². The van der Waals surface area contributed by atoms with E-state index in [4.69, 9.17) is 0 Å². The van der Waals surface area contributed by atoms with Crippen molar-refractivity contribution >= 4 is 23.9 Å². The number of aryl methyl sites for hydroxylation is 4. The molecule has 0 bridgehead atoms. The number of carbonyl (C=O) groups is 2. The molecule has 3 aromatic rings. The Kier molecular flexibility index (Phi) is 6.59. The summed E-state index contributed by atoms with van der Waals surface area (Å²) in [6, 6.07) is 8.89. The first-order valence-corrected chi connectivity index (χ1v) is 8.38. The Hall–Kier alpha value is -3.55. The molecular weight excluding hydrogens is 363 g/mol. The fraction of sp³-hybridized carbons (Fsp3) is 0.200. The molecule has 28 heavy (non-hydrogen) atoms. The fourth-order valence-corrected chi connectivity index (χ4v) is 2.55. The zero-order chi connectivity index (χ0) is 20.8. The topological polar surface area (TPSA) is 90.0 Å². The van der Waals surface area contributed by atoms with Gasteiger partial charge in [-0.15, -0.1) is 0 Å². The minimum Gasteiger partial charge on any atom is -0.478 e. The van der Waals surface area contributed by atoms with Crippen molar-refractivity contribution in [3.05, 3.63) is 70.6 Å². The van der Waals surface area contributed by atoms with Gasteiger partial charge in [0.15, 0.2) is 6.29 Å². The number of rotatable bonds is 4. The van der Waals surface area contributed by atoms with Gasteiger partial charge in [0, 0.05) is 14.1 Å². The van der Waals surface area contributed by atoms with Crippen LogP contribution in [0, 0.1) is 19.7 Å². The average Bonchev–Trinajstić information content (AvgIpc) is 3.13. The van der Waals surface area contributed by atoms with Gasteiger partial charge in [0.05, 0.1) is 22.7 Å². The average molecular weight is 384 g/mol. The molecule has 2 aromatic heterocycles. The van der Waals surface area contributed by atoms with Gasteiger partial charge in [-0.1, -0.05) is 12.1 Å². The van der Waals surface area contributed by atoms with E-state index in [9.17, 15) is 19.1 Å². The largest absolute Gasteiger partial charge is 0.478 e. The number of carbonyl (C=O) groups excluding carboxylic acids is 1. The Morgan fingerprint density at radius 2 is 1.50 bits per heavy atom. The van der Waals surface area contributed by atoms with Crippen molar-refractivity contribution < 1.29 is 19.1 Å². The maximum absolute atomic E-state index is 12.9. The zero-order valence-electron chi connectivity index (χ0n) is 16.0. The molecule has 0 saturated carbocycles. The molecule has 0 aliphatic rings. The van der Waals surface area contributed by atoms with Crippen molar-refractivity contribution in [1.82, 2.24) is 19.6 Å². The van der Waals surface area contributed by atoms with E-state index in [1.54, 1.807) is 35.6 Å². The SMILES string of the molecule is Cc1cc(/C=C(\C(=O)O)c2ccc(F)cc2)n(C)n1.Cc1cc(C=O)n(C)n1. The number of halogens is 1. The van der Waals surface area contributed by atoms with Crippen LogP contribution in [0.5, 0.6) is 0 Å². The molecule has 0 fully saturated rings. The van der Waals surface area contributed by atoms with Crippen molar-refractivity contribution in [3.63, 3.8) is 0 Å². The molecule has 0 unspecified atom stereocenters. The van der Waals surface area contributed by atoms with E-state index in [1.807, 2.05) is 13.8 Å². The van der Waals surface area contributed by atoms with Crippen LogP contribution in [0.2, 0.25) is 0 Å². The van der Waals surface area contributed by atoms with Gasteiger partial charge in [-0.2, -0.15) is 10.2 Å². The Bertz CT molecular complexity index is 1020. The number of aromatic nitrogens is 4. The predicted molar refractivity (Wildman–Crippen MR) is 103 cm³/mol. The monoisotopic (exact) mass is 384 g/mol. The third-order valence-corrected chi connectivity index (χ3v) is 3.87. The lowest BCUT2D eigenvalue weighted by Gasteiger charge is -2.03. The van der Waals surface area contributed by atoms with Crippen LogP contribution in [0.3, 0.4) is 0 Å². The van der Waals surface area contributed by atoms with Gasteiger partial charge < -0.3 is 5.11 Å². The summed E-state index contributed by atoms with van der Waals surface area (Å²) >= 11 is 0. The second-order valence-corrected chi connectivity index (χ2v) is 6.16. The van der Waals surface area contributed by atoms with Crippen LogP contribution in [0.1, 0.15) is 33.1 Å². The number of carboxylic acids is 1. The highest BCUT2D eigenvalue weighted by Crippen LogP contribution is 2.19. The van der Waals surface area contributed by atoms with Gasteiger partial charge in [0.2, 0.25) is 0 Å². The Balaban J connectivity index is 0.000000261. The molecule has 8 heteroatoms. The first kappa shape index (κ1) is 20.8. The molecule has 1 N–H and O–H groups in total. The molecule has 0 aliphatic carbocycles. The third-order valence-electron chi connectivity index (χ3n) is 3.87. The minimum atomic E-state index is -1.06. The van der Waals surface area contributed by atoms with Crippen molar-refractivity contribution in [2.24, 2.45) is 14.1 Å². The normalized spacial score (nSPS) is 11.0. The second-order valence-electron chi connectivity index (χ2n) is 6.16. The summed E-state index contributed by atoms with van der Waals surface area (Å²) in [5.74, 6) is -1.46. The first-order valence-electron chi connectivity index (χ1n) is 8.38. The quantitative estimate of drug-likeness (QED) is 0.552. The number of hydrogen-bond acceptors (Lipinski definition) is 4. The highest BCUT2D eigenvalue weighted by Gasteiger charge is 2.12. The lowest BCUT2D eigenvalue weighted by Crippen LogP contribution is -2.01. The van der Waals surface area contributed by atoms with E-state index < -0.39 is 11.8 Å². The summed E-state index contributed by atoms with van der Waals surface area (Å²) in [5.41, 5.74) is 3.53. The van der Waals surface area contributed by atoms with Gasteiger partial charge in [-0.25, -0.2) is 9.18 Å². The summed E-state index contributed by atoms with van der Waals surface area (Å²) < 4.78 is 16.0. The van der Waals surface area contributed by atoms with Gasteiger partial charge >= 0.3 is 5.97 Å². The summed E-state index contributed by atoms with van der Waals surface area (Å²) in [6.07, 6.45) is 2.32. The highest BCUT2D eigenvalue weighted by molar-refractivity contribution is 6.20. The van der Waals surface area contributed by atoms with Crippen LogP contribution >= 0.6 is 0 Å². The first-order chi connectivity index (χ1) is 13.2. The second kappa shape index (κ2) is 8.90. The molecule has 3 rings (SSSR count). The zero-order valence-corrected chi connectivity index (χ0v) is 16.0. The van der Waals surface area contributed by atoms with Crippen molar-refractivity contribution in [2.75, 3.05) is 0 Å². The van der Waals surface area contributed by atoms with Gasteiger partial charge in [0.25, 0.3) is 0 Å². The van der Waals surface area contributed by atoms with E-state index in [0.717, 1.165) is 17.7 Å². The fourth-order valence-electron chi connectivity index (χ4n) is 2.55.